The minimum absolute atomic E-state index is 0.0200. The zero-order valence-corrected chi connectivity index (χ0v) is 14.7. The lowest BCUT2D eigenvalue weighted by atomic mass is 9.86. The molecule has 2 N–H and O–H groups in total. The van der Waals surface area contributed by atoms with Gasteiger partial charge in [-0.2, -0.15) is 0 Å². The van der Waals surface area contributed by atoms with Crippen molar-refractivity contribution < 1.29 is 9.53 Å². The maximum absolute atomic E-state index is 12.1. The van der Waals surface area contributed by atoms with Gasteiger partial charge in [-0.25, -0.2) is 0 Å². The van der Waals surface area contributed by atoms with E-state index in [1.807, 2.05) is 18.2 Å². The van der Waals surface area contributed by atoms with Crippen LogP contribution in [0.25, 0.3) is 0 Å². The molecule has 1 aromatic heterocycles. The van der Waals surface area contributed by atoms with Gasteiger partial charge in [0.2, 0.25) is 0 Å². The minimum Gasteiger partial charge on any atom is -0.383 e. The van der Waals surface area contributed by atoms with E-state index in [1.54, 1.807) is 25.6 Å². The van der Waals surface area contributed by atoms with Crippen LogP contribution in [0.3, 0.4) is 0 Å². The molecule has 5 heteroatoms. The second-order valence-electron chi connectivity index (χ2n) is 6.63. The number of ether oxygens (including phenoxy) is 1. The fourth-order valence-corrected chi connectivity index (χ4v) is 2.40. The van der Waals surface area contributed by atoms with Crippen molar-refractivity contribution in [2.45, 2.75) is 26.2 Å². The average Bonchev–Trinajstić information content (AvgIpc) is 2.55. The third kappa shape index (κ3) is 4.80. The van der Waals surface area contributed by atoms with E-state index in [4.69, 9.17) is 4.74 Å². The molecule has 1 heterocycles. The second-order valence-corrected chi connectivity index (χ2v) is 6.63. The summed E-state index contributed by atoms with van der Waals surface area (Å²) in [5, 5.41) is 6.17. The van der Waals surface area contributed by atoms with Crippen molar-refractivity contribution in [1.82, 2.24) is 10.3 Å². The smallest absolute Gasteiger partial charge is 0.253 e. The highest BCUT2D eigenvalue weighted by Crippen LogP contribution is 2.31. The van der Waals surface area contributed by atoms with Crippen molar-refractivity contribution in [3.05, 3.63) is 53.9 Å². The van der Waals surface area contributed by atoms with E-state index in [0.717, 1.165) is 11.4 Å². The van der Waals surface area contributed by atoms with Gasteiger partial charge in [-0.15, -0.1) is 0 Å². The van der Waals surface area contributed by atoms with Crippen LogP contribution >= 0.6 is 0 Å². The molecule has 0 spiro atoms. The van der Waals surface area contributed by atoms with Gasteiger partial charge in [0.25, 0.3) is 5.91 Å². The molecule has 2 rings (SSSR count). The molecule has 24 heavy (non-hydrogen) atoms. The van der Waals surface area contributed by atoms with Crippen LogP contribution in [0.15, 0.2) is 42.7 Å². The van der Waals surface area contributed by atoms with Gasteiger partial charge in [0.15, 0.2) is 0 Å². The zero-order valence-electron chi connectivity index (χ0n) is 14.7. The summed E-state index contributed by atoms with van der Waals surface area (Å²) >= 11 is 0. The van der Waals surface area contributed by atoms with Crippen molar-refractivity contribution >= 4 is 17.3 Å². The monoisotopic (exact) mass is 327 g/mol. The highest BCUT2D eigenvalue weighted by molar-refractivity contribution is 5.94. The number of anilines is 2. The number of benzene rings is 1. The summed E-state index contributed by atoms with van der Waals surface area (Å²) < 4.78 is 4.93. The minimum atomic E-state index is -0.160. The van der Waals surface area contributed by atoms with Gasteiger partial charge < -0.3 is 15.4 Å². The molecule has 2 aromatic rings. The molecule has 0 aliphatic rings. The number of nitrogens with one attached hydrogen (secondary N) is 2. The highest BCUT2D eigenvalue weighted by atomic mass is 16.5. The van der Waals surface area contributed by atoms with E-state index in [2.05, 4.69) is 42.5 Å². The molecule has 0 aliphatic heterocycles. The van der Waals surface area contributed by atoms with Gasteiger partial charge in [-0.1, -0.05) is 39.0 Å². The Morgan fingerprint density at radius 2 is 1.96 bits per heavy atom. The molecule has 0 radical (unpaired) electrons. The Labute approximate surface area is 143 Å². The maximum atomic E-state index is 12.1. The number of hydrogen-bond acceptors (Lipinski definition) is 4. The summed E-state index contributed by atoms with van der Waals surface area (Å²) in [7, 11) is 1.60. The predicted octanol–water partition coefficient (Wildman–Crippen LogP) is 3.50. The Morgan fingerprint density at radius 1 is 1.21 bits per heavy atom. The number of nitrogens with zero attached hydrogens (tertiary/aromatic N) is 1. The van der Waals surface area contributed by atoms with E-state index in [0.29, 0.717) is 18.7 Å². The Balaban J connectivity index is 2.17. The third-order valence-electron chi connectivity index (χ3n) is 3.61. The molecule has 0 unspecified atom stereocenters. The summed E-state index contributed by atoms with van der Waals surface area (Å²) in [5.41, 5.74) is 3.55. The van der Waals surface area contributed by atoms with Crippen LogP contribution in [0, 0.1) is 0 Å². The van der Waals surface area contributed by atoms with Crippen molar-refractivity contribution in [2.75, 3.05) is 25.6 Å². The van der Waals surface area contributed by atoms with E-state index < -0.39 is 0 Å². The van der Waals surface area contributed by atoms with E-state index in [-0.39, 0.29) is 11.3 Å². The lowest BCUT2D eigenvalue weighted by Crippen LogP contribution is -2.27. The standard InChI is InChI=1S/C19H25N3O2/c1-19(2,3)16-7-5-6-8-17(16)22-15-11-14(12-20-13-15)18(23)21-9-10-24-4/h5-8,11-13,22H,9-10H2,1-4H3,(H,21,23). The van der Waals surface area contributed by atoms with Crippen LogP contribution < -0.4 is 10.6 Å². The summed E-state index contributed by atoms with van der Waals surface area (Å²) in [6.07, 6.45) is 3.27. The number of carbonyl (C=O) groups is 1. The summed E-state index contributed by atoms with van der Waals surface area (Å²) in [5.74, 6) is -0.160. The second kappa shape index (κ2) is 7.93. The Hall–Kier alpha value is -2.40. The van der Waals surface area contributed by atoms with Gasteiger partial charge in [0, 0.05) is 25.5 Å². The van der Waals surface area contributed by atoms with E-state index in [9.17, 15) is 4.79 Å². The molecule has 0 atom stereocenters. The number of para-hydroxylation sites is 1. The average molecular weight is 327 g/mol. The van der Waals surface area contributed by atoms with Gasteiger partial charge in [-0.05, 0) is 23.1 Å². The quantitative estimate of drug-likeness (QED) is 0.797. The molecule has 0 saturated carbocycles. The highest BCUT2D eigenvalue weighted by Gasteiger charge is 2.17. The fourth-order valence-electron chi connectivity index (χ4n) is 2.40. The first-order valence-electron chi connectivity index (χ1n) is 8.00. The SMILES string of the molecule is COCCNC(=O)c1cncc(Nc2ccccc2C(C)(C)C)c1. The number of rotatable bonds is 6. The van der Waals surface area contributed by atoms with Crippen LogP contribution in [0.4, 0.5) is 11.4 Å². The summed E-state index contributed by atoms with van der Waals surface area (Å²) in [6.45, 7) is 7.47. The molecule has 5 nitrogen and oxygen atoms in total. The summed E-state index contributed by atoms with van der Waals surface area (Å²) in [6, 6.07) is 9.97. The maximum Gasteiger partial charge on any atom is 0.253 e. The van der Waals surface area contributed by atoms with Crippen molar-refractivity contribution in [3.63, 3.8) is 0 Å². The van der Waals surface area contributed by atoms with Crippen molar-refractivity contribution in [2.24, 2.45) is 0 Å². The largest absolute Gasteiger partial charge is 0.383 e. The molecule has 0 aliphatic carbocycles. The lowest BCUT2D eigenvalue weighted by molar-refractivity contribution is 0.0937. The number of amides is 1. The first-order valence-corrected chi connectivity index (χ1v) is 8.00. The molecular formula is C19H25N3O2. The molecule has 128 valence electrons. The molecule has 1 aromatic carbocycles. The van der Waals surface area contributed by atoms with Crippen LogP contribution in [0.1, 0.15) is 36.7 Å². The van der Waals surface area contributed by atoms with Gasteiger partial charge in [-0.3, -0.25) is 9.78 Å². The number of aromatic nitrogens is 1. The van der Waals surface area contributed by atoms with E-state index in [1.165, 1.54) is 5.56 Å². The first-order chi connectivity index (χ1) is 11.4. The molecule has 1 amide bonds. The van der Waals surface area contributed by atoms with Gasteiger partial charge in [0.05, 0.1) is 24.1 Å². The number of carbonyl (C=O) groups excluding carboxylic acids is 1. The van der Waals surface area contributed by atoms with Crippen LogP contribution in [-0.2, 0) is 10.2 Å². The summed E-state index contributed by atoms with van der Waals surface area (Å²) in [4.78, 5) is 16.3. The first kappa shape index (κ1) is 17.9. The molecule has 0 saturated heterocycles. The van der Waals surface area contributed by atoms with Crippen LogP contribution in [0.5, 0.6) is 0 Å². The van der Waals surface area contributed by atoms with Crippen LogP contribution in [-0.4, -0.2) is 31.2 Å². The Morgan fingerprint density at radius 3 is 2.67 bits per heavy atom. The number of hydrogen-bond donors (Lipinski definition) is 2. The van der Waals surface area contributed by atoms with Crippen molar-refractivity contribution in [3.8, 4) is 0 Å². The van der Waals surface area contributed by atoms with Crippen molar-refractivity contribution in [1.29, 1.82) is 0 Å². The van der Waals surface area contributed by atoms with Crippen LogP contribution in [0.2, 0.25) is 0 Å². The number of methoxy groups -OCH3 is 1. The van der Waals surface area contributed by atoms with Gasteiger partial charge >= 0.3 is 0 Å². The molecule has 0 bridgehead atoms. The lowest BCUT2D eigenvalue weighted by Gasteiger charge is -2.23. The van der Waals surface area contributed by atoms with E-state index >= 15 is 0 Å². The molecule has 0 fully saturated rings. The van der Waals surface area contributed by atoms with Gasteiger partial charge in [0.1, 0.15) is 0 Å². The fraction of sp³-hybridized carbons (Fsp3) is 0.368. The topological polar surface area (TPSA) is 63.2 Å². The zero-order chi connectivity index (χ0) is 17.6. The Kier molecular flexibility index (Phi) is 5.93. The normalized spacial score (nSPS) is 11.2. The Bertz CT molecular complexity index is 693. The predicted molar refractivity (Wildman–Crippen MR) is 96.9 cm³/mol. The number of pyridine rings is 1. The molecular weight excluding hydrogens is 302 g/mol. The third-order valence-corrected chi connectivity index (χ3v) is 3.61.